The number of hydrogen-bond donors (Lipinski definition) is 3. The van der Waals surface area contributed by atoms with Gasteiger partial charge in [0.05, 0.1) is 26.4 Å². The molecule has 0 aliphatic rings. The lowest BCUT2D eigenvalue weighted by Gasteiger charge is -2.21. The van der Waals surface area contributed by atoms with Crippen LogP contribution in [0, 0.1) is 11.8 Å². The number of carbonyl (C=O) groups is 4. The highest BCUT2D eigenvalue weighted by Crippen LogP contribution is 2.45. The van der Waals surface area contributed by atoms with Gasteiger partial charge in [-0.15, -0.1) is 0 Å². The molecule has 0 aliphatic heterocycles. The summed E-state index contributed by atoms with van der Waals surface area (Å²) in [5.74, 6) is -0.556. The van der Waals surface area contributed by atoms with E-state index < -0.39 is 97.5 Å². The summed E-state index contributed by atoms with van der Waals surface area (Å²) in [4.78, 5) is 73.1. The normalized spacial score (nSPS) is 14.1. The lowest BCUT2D eigenvalue weighted by atomic mass is 9.99. The average molecular weight is 1510 g/mol. The van der Waals surface area contributed by atoms with E-state index in [0.717, 1.165) is 102 Å². The van der Waals surface area contributed by atoms with E-state index in [1.54, 1.807) is 0 Å². The van der Waals surface area contributed by atoms with Gasteiger partial charge in [0.25, 0.3) is 0 Å². The highest BCUT2D eigenvalue weighted by molar-refractivity contribution is 7.47. The minimum atomic E-state index is -4.96. The average Bonchev–Trinajstić information content (AvgIpc) is 0.919. The smallest absolute Gasteiger partial charge is 0.462 e. The van der Waals surface area contributed by atoms with Gasteiger partial charge in [0, 0.05) is 25.7 Å². The first-order chi connectivity index (χ1) is 49.9. The Labute approximate surface area is 632 Å². The maximum absolute atomic E-state index is 13.1. The first-order valence-corrected chi connectivity index (χ1v) is 46.5. The molecule has 19 heteroatoms. The van der Waals surface area contributed by atoms with Gasteiger partial charge in [-0.25, -0.2) is 9.13 Å². The Morgan fingerprint density at radius 2 is 0.495 bits per heavy atom. The third-order valence-corrected chi connectivity index (χ3v) is 22.0. The fourth-order valence-electron chi connectivity index (χ4n) is 13.0. The van der Waals surface area contributed by atoms with Crippen LogP contribution in [0.1, 0.15) is 446 Å². The lowest BCUT2D eigenvalue weighted by molar-refractivity contribution is -0.161. The molecule has 0 heterocycles. The predicted molar refractivity (Wildman–Crippen MR) is 423 cm³/mol. The summed E-state index contributed by atoms with van der Waals surface area (Å²) in [6, 6.07) is 0. The van der Waals surface area contributed by atoms with E-state index in [1.165, 1.54) is 257 Å². The van der Waals surface area contributed by atoms with E-state index in [0.29, 0.717) is 31.6 Å². The van der Waals surface area contributed by atoms with Crippen LogP contribution in [0.3, 0.4) is 0 Å². The molecular formula is C84H164O17P2. The molecule has 0 bridgehead atoms. The molecule has 0 fully saturated rings. The number of carbonyl (C=O) groups excluding carboxylic acids is 4. The summed E-state index contributed by atoms with van der Waals surface area (Å²) in [6.07, 6.45) is 66.8. The summed E-state index contributed by atoms with van der Waals surface area (Å²) in [6.45, 7) is 9.64. The van der Waals surface area contributed by atoms with Crippen LogP contribution in [0.25, 0.3) is 0 Å². The molecule has 0 aromatic rings. The molecule has 0 spiro atoms. The molecule has 0 amide bonds. The van der Waals surface area contributed by atoms with Crippen molar-refractivity contribution in [1.82, 2.24) is 0 Å². The highest BCUT2D eigenvalue weighted by atomic mass is 31.2. The summed E-state index contributed by atoms with van der Waals surface area (Å²) in [7, 11) is -9.92. The second-order valence-electron chi connectivity index (χ2n) is 30.9. The lowest BCUT2D eigenvalue weighted by Crippen LogP contribution is -2.30. The predicted octanol–water partition coefficient (Wildman–Crippen LogP) is 25.5. The number of phosphoric acid groups is 2. The SMILES string of the molecule is CCCCCCCCCCCCCCCCCCCCCC(=O)OC[C@H](COP(=O)(O)OC[C@@H](O)COP(=O)(O)OC[C@@H](COC(=O)CCCCCCCCC(C)C)OC(=O)CCCCCCCCCCCCCCC)OC(=O)CCCCCCCCCCCCCCCCCCCCC(C)CC. The zero-order valence-electron chi connectivity index (χ0n) is 67.6. The second kappa shape index (κ2) is 75.5. The Kier molecular flexibility index (Phi) is 74.1. The quantitative estimate of drug-likeness (QED) is 0.0222. The van der Waals surface area contributed by atoms with Crippen LogP contribution in [-0.4, -0.2) is 96.7 Å². The van der Waals surface area contributed by atoms with Crippen LogP contribution in [0.2, 0.25) is 0 Å². The molecule has 103 heavy (non-hydrogen) atoms. The second-order valence-corrected chi connectivity index (χ2v) is 33.8. The topological polar surface area (TPSA) is 237 Å². The zero-order chi connectivity index (χ0) is 75.6. The van der Waals surface area contributed by atoms with Crippen molar-refractivity contribution in [3.05, 3.63) is 0 Å². The Morgan fingerprint density at radius 3 is 0.738 bits per heavy atom. The maximum atomic E-state index is 13.1. The first-order valence-electron chi connectivity index (χ1n) is 43.5. The van der Waals surface area contributed by atoms with Crippen molar-refractivity contribution in [2.45, 2.75) is 464 Å². The third kappa shape index (κ3) is 76.6. The molecule has 612 valence electrons. The van der Waals surface area contributed by atoms with E-state index in [-0.39, 0.29) is 25.7 Å². The van der Waals surface area contributed by atoms with Gasteiger partial charge in [-0.05, 0) is 37.5 Å². The molecule has 0 saturated carbocycles. The van der Waals surface area contributed by atoms with E-state index in [2.05, 4.69) is 41.5 Å². The Morgan fingerprint density at radius 1 is 0.282 bits per heavy atom. The maximum Gasteiger partial charge on any atom is 0.472 e. The number of hydrogen-bond acceptors (Lipinski definition) is 15. The number of rotatable bonds is 83. The summed E-state index contributed by atoms with van der Waals surface area (Å²) < 4.78 is 68.7. The van der Waals surface area contributed by atoms with Gasteiger partial charge in [0.2, 0.25) is 0 Å². The fourth-order valence-corrected chi connectivity index (χ4v) is 14.6. The van der Waals surface area contributed by atoms with Crippen molar-refractivity contribution in [3.8, 4) is 0 Å². The first kappa shape index (κ1) is 101. The van der Waals surface area contributed by atoms with Crippen LogP contribution in [0.15, 0.2) is 0 Å². The molecule has 0 aromatic carbocycles. The van der Waals surface area contributed by atoms with Gasteiger partial charge >= 0.3 is 39.5 Å². The highest BCUT2D eigenvalue weighted by Gasteiger charge is 2.30. The number of esters is 4. The van der Waals surface area contributed by atoms with Gasteiger partial charge in [-0.2, -0.15) is 0 Å². The number of phosphoric ester groups is 2. The molecule has 3 N–H and O–H groups in total. The molecular weight excluding hydrogens is 1340 g/mol. The van der Waals surface area contributed by atoms with Crippen molar-refractivity contribution in [2.24, 2.45) is 11.8 Å². The Bertz CT molecular complexity index is 1980. The van der Waals surface area contributed by atoms with E-state index in [4.69, 9.17) is 37.0 Å². The van der Waals surface area contributed by atoms with Crippen molar-refractivity contribution >= 4 is 39.5 Å². The molecule has 3 unspecified atom stereocenters. The van der Waals surface area contributed by atoms with Crippen molar-refractivity contribution in [2.75, 3.05) is 39.6 Å². The minimum absolute atomic E-state index is 0.107. The monoisotopic (exact) mass is 1510 g/mol. The van der Waals surface area contributed by atoms with Gasteiger partial charge in [-0.3, -0.25) is 37.3 Å². The number of aliphatic hydroxyl groups is 1. The van der Waals surface area contributed by atoms with Crippen molar-refractivity contribution in [1.29, 1.82) is 0 Å². The molecule has 17 nitrogen and oxygen atoms in total. The standard InChI is InChI=1S/C84H164O17P2/c1-7-10-12-14-16-18-20-22-23-24-25-29-32-36-39-43-47-54-60-66-81(86)94-72-79(100-83(88)69-63-57-49-45-41-37-33-30-27-26-28-31-35-38-42-46-53-59-65-77(6)9-3)74-98-102(90,91)96-70-78(85)71-97-103(92,93)99-75-80(73-95-82(87)67-61-55-51-50-52-58-64-76(4)5)101-84(89)68-62-56-48-44-40-34-21-19-17-15-13-11-8-2/h76-80,85H,7-75H2,1-6H3,(H,90,91)(H,92,93)/t77?,78-,79-,80-/m1/s1. The summed E-state index contributed by atoms with van der Waals surface area (Å²) in [5, 5.41) is 10.6. The van der Waals surface area contributed by atoms with Gasteiger partial charge < -0.3 is 33.8 Å². The van der Waals surface area contributed by atoms with Crippen molar-refractivity contribution < 1.29 is 80.2 Å². The van der Waals surface area contributed by atoms with Gasteiger partial charge in [0.1, 0.15) is 19.3 Å². The molecule has 0 rings (SSSR count). The molecule has 0 saturated heterocycles. The summed E-state index contributed by atoms with van der Waals surface area (Å²) in [5.41, 5.74) is 0. The number of aliphatic hydroxyl groups excluding tert-OH is 1. The zero-order valence-corrected chi connectivity index (χ0v) is 69.4. The van der Waals surface area contributed by atoms with E-state index >= 15 is 0 Å². The van der Waals surface area contributed by atoms with Crippen LogP contribution < -0.4 is 0 Å². The van der Waals surface area contributed by atoms with Gasteiger partial charge in [0.15, 0.2) is 12.2 Å². The minimum Gasteiger partial charge on any atom is -0.462 e. The van der Waals surface area contributed by atoms with Crippen molar-refractivity contribution in [3.63, 3.8) is 0 Å². The Balaban J connectivity index is 5.20. The van der Waals surface area contributed by atoms with E-state index in [1.807, 2.05) is 0 Å². The number of ether oxygens (including phenoxy) is 4. The van der Waals surface area contributed by atoms with E-state index in [9.17, 15) is 43.2 Å². The molecule has 0 aliphatic carbocycles. The molecule has 0 aromatic heterocycles. The van der Waals surface area contributed by atoms with Crippen LogP contribution in [-0.2, 0) is 65.4 Å². The molecule has 6 atom stereocenters. The number of unbranched alkanes of at least 4 members (excludes halogenated alkanes) is 52. The third-order valence-electron chi connectivity index (χ3n) is 20.1. The summed E-state index contributed by atoms with van der Waals surface area (Å²) >= 11 is 0. The largest absolute Gasteiger partial charge is 0.472 e. The fraction of sp³-hybridized carbons (Fsp3) is 0.952. The van der Waals surface area contributed by atoms with Crippen LogP contribution >= 0.6 is 15.6 Å². The molecule has 0 radical (unpaired) electrons. The van der Waals surface area contributed by atoms with Crippen LogP contribution in [0.5, 0.6) is 0 Å². The van der Waals surface area contributed by atoms with Gasteiger partial charge in [-0.1, -0.05) is 395 Å². The Hall–Kier alpha value is -1.94. The van der Waals surface area contributed by atoms with Crippen LogP contribution in [0.4, 0.5) is 0 Å².